The van der Waals surface area contributed by atoms with Crippen molar-refractivity contribution in [1.82, 2.24) is 4.72 Å². The molecule has 4 nitrogen and oxygen atoms in total. The molecule has 0 aliphatic heterocycles. The Bertz CT molecular complexity index is 973. The highest BCUT2D eigenvalue weighted by Gasteiger charge is 2.18. The second-order valence-corrected chi connectivity index (χ2v) is 8.48. The molecule has 0 aromatic heterocycles. The molecule has 6 heteroatoms. The van der Waals surface area contributed by atoms with Crippen LogP contribution >= 0.6 is 11.6 Å². The number of hydrogen-bond donors (Lipinski definition) is 2. The van der Waals surface area contributed by atoms with Gasteiger partial charge in [0.05, 0.1) is 10.9 Å². The van der Waals surface area contributed by atoms with Gasteiger partial charge in [-0.25, -0.2) is 13.1 Å². The summed E-state index contributed by atoms with van der Waals surface area (Å²) in [5.41, 5.74) is 3.09. The van der Waals surface area contributed by atoms with Crippen LogP contribution in [-0.4, -0.2) is 15.0 Å². The number of rotatable bonds is 7. The lowest BCUT2D eigenvalue weighted by atomic mass is 10.1. The fraction of sp³-hybridized carbons (Fsp3) is 0.143. The number of benzene rings is 3. The molecule has 3 aromatic carbocycles. The van der Waals surface area contributed by atoms with Crippen molar-refractivity contribution in [2.24, 2.45) is 0 Å². The average molecular weight is 401 g/mol. The first-order chi connectivity index (χ1) is 12.9. The summed E-state index contributed by atoms with van der Waals surface area (Å²) in [5.74, 6) is 0. The Morgan fingerprint density at radius 2 is 1.52 bits per heavy atom. The summed E-state index contributed by atoms with van der Waals surface area (Å²) in [6.07, 6.45) is 0. The minimum Gasteiger partial charge on any atom is -0.377 e. The number of sulfonamides is 1. The summed E-state index contributed by atoms with van der Waals surface area (Å²) in [5, 5.41) is 3.90. The van der Waals surface area contributed by atoms with Gasteiger partial charge in [0.15, 0.2) is 0 Å². The third-order valence-corrected chi connectivity index (χ3v) is 5.89. The first-order valence-corrected chi connectivity index (χ1v) is 10.4. The van der Waals surface area contributed by atoms with Gasteiger partial charge in [-0.05, 0) is 48.9 Å². The van der Waals surface area contributed by atoms with E-state index in [1.807, 2.05) is 61.5 Å². The van der Waals surface area contributed by atoms with E-state index in [2.05, 4.69) is 10.0 Å². The van der Waals surface area contributed by atoms with Crippen LogP contribution < -0.4 is 10.0 Å². The van der Waals surface area contributed by atoms with Gasteiger partial charge < -0.3 is 5.32 Å². The van der Waals surface area contributed by atoms with Gasteiger partial charge in [-0.1, -0.05) is 59.6 Å². The topological polar surface area (TPSA) is 58.2 Å². The van der Waals surface area contributed by atoms with Gasteiger partial charge in [0.2, 0.25) is 10.0 Å². The number of hydrogen-bond acceptors (Lipinski definition) is 3. The van der Waals surface area contributed by atoms with Crippen molar-refractivity contribution in [2.75, 3.05) is 11.9 Å². The lowest BCUT2D eigenvalue weighted by Crippen LogP contribution is -2.31. The molecule has 0 aliphatic carbocycles. The molecule has 0 aliphatic rings. The summed E-state index contributed by atoms with van der Waals surface area (Å²) in [6.45, 7) is 2.24. The molecule has 3 aromatic rings. The van der Waals surface area contributed by atoms with Crippen LogP contribution in [-0.2, 0) is 10.0 Å². The van der Waals surface area contributed by atoms with E-state index in [0.29, 0.717) is 5.02 Å². The normalized spacial score (nSPS) is 12.5. The molecular weight excluding hydrogens is 380 g/mol. The molecule has 0 heterocycles. The fourth-order valence-corrected chi connectivity index (χ4v) is 3.85. The molecule has 140 valence electrons. The van der Waals surface area contributed by atoms with Crippen molar-refractivity contribution < 1.29 is 8.42 Å². The largest absolute Gasteiger partial charge is 0.377 e. The molecule has 0 fully saturated rings. The zero-order valence-electron chi connectivity index (χ0n) is 14.9. The van der Waals surface area contributed by atoms with E-state index in [1.165, 1.54) is 17.7 Å². The standard InChI is InChI=1S/C21H21ClN2O2S/c1-16-7-11-19(12-8-16)24-21(17-5-3-2-4-6-17)15-23-27(25,26)20-13-9-18(22)10-14-20/h2-14,21,23-24H,15H2,1H3/t21-/m1/s1. The SMILES string of the molecule is Cc1ccc(N[C@H](CNS(=O)(=O)c2ccc(Cl)cc2)c2ccccc2)cc1. The van der Waals surface area contributed by atoms with E-state index in [0.717, 1.165) is 11.3 Å². The van der Waals surface area contributed by atoms with Gasteiger partial charge in [0.1, 0.15) is 0 Å². The van der Waals surface area contributed by atoms with Crippen molar-refractivity contribution >= 4 is 27.3 Å². The molecule has 2 N–H and O–H groups in total. The van der Waals surface area contributed by atoms with Gasteiger partial charge in [-0.3, -0.25) is 0 Å². The molecule has 27 heavy (non-hydrogen) atoms. The van der Waals surface area contributed by atoms with Crippen LogP contribution in [0.25, 0.3) is 0 Å². The molecule has 0 saturated carbocycles. The minimum absolute atomic E-state index is 0.189. The second kappa shape index (κ2) is 8.57. The zero-order valence-corrected chi connectivity index (χ0v) is 16.5. The summed E-state index contributed by atoms with van der Waals surface area (Å²) in [7, 11) is -3.63. The van der Waals surface area contributed by atoms with Crippen molar-refractivity contribution in [2.45, 2.75) is 17.9 Å². The van der Waals surface area contributed by atoms with Crippen molar-refractivity contribution in [3.8, 4) is 0 Å². The summed E-state index contributed by atoms with van der Waals surface area (Å²) in [4.78, 5) is 0.189. The van der Waals surface area contributed by atoms with Crippen LogP contribution in [0, 0.1) is 6.92 Å². The maximum atomic E-state index is 12.6. The number of halogens is 1. The van der Waals surface area contributed by atoms with Crippen molar-refractivity contribution in [3.05, 3.63) is 95.0 Å². The highest BCUT2D eigenvalue weighted by molar-refractivity contribution is 7.89. The molecule has 0 saturated heterocycles. The predicted molar refractivity (Wildman–Crippen MR) is 111 cm³/mol. The van der Waals surface area contributed by atoms with Crippen LogP contribution in [0.1, 0.15) is 17.2 Å². The van der Waals surface area contributed by atoms with Crippen LogP contribution in [0.5, 0.6) is 0 Å². The van der Waals surface area contributed by atoms with Crippen LogP contribution in [0.15, 0.2) is 83.8 Å². The Balaban J connectivity index is 1.79. The molecule has 0 unspecified atom stereocenters. The average Bonchev–Trinajstić information content (AvgIpc) is 2.68. The van der Waals surface area contributed by atoms with E-state index in [4.69, 9.17) is 11.6 Å². The van der Waals surface area contributed by atoms with Gasteiger partial charge in [-0.2, -0.15) is 0 Å². The summed E-state index contributed by atoms with van der Waals surface area (Å²) in [6, 6.07) is 23.7. The van der Waals surface area contributed by atoms with Gasteiger partial charge in [0.25, 0.3) is 0 Å². The maximum Gasteiger partial charge on any atom is 0.240 e. The molecule has 1 atom stereocenters. The highest BCUT2D eigenvalue weighted by Crippen LogP contribution is 2.21. The van der Waals surface area contributed by atoms with E-state index >= 15 is 0 Å². The fourth-order valence-electron chi connectivity index (χ4n) is 2.68. The molecule has 0 bridgehead atoms. The first kappa shape index (κ1) is 19.4. The lowest BCUT2D eigenvalue weighted by Gasteiger charge is -2.21. The molecule has 3 rings (SSSR count). The Kier molecular flexibility index (Phi) is 6.16. The predicted octanol–water partition coefficient (Wildman–Crippen LogP) is 4.78. The molecule has 0 radical (unpaired) electrons. The molecule has 0 amide bonds. The highest BCUT2D eigenvalue weighted by atomic mass is 35.5. The first-order valence-electron chi connectivity index (χ1n) is 8.57. The van der Waals surface area contributed by atoms with Gasteiger partial charge >= 0.3 is 0 Å². The van der Waals surface area contributed by atoms with E-state index in [9.17, 15) is 8.42 Å². The smallest absolute Gasteiger partial charge is 0.240 e. The third kappa shape index (κ3) is 5.32. The van der Waals surface area contributed by atoms with Crippen LogP contribution in [0.4, 0.5) is 5.69 Å². The van der Waals surface area contributed by atoms with Gasteiger partial charge in [-0.15, -0.1) is 0 Å². The Hall–Kier alpha value is -2.34. The van der Waals surface area contributed by atoms with E-state index < -0.39 is 10.0 Å². The van der Waals surface area contributed by atoms with Crippen LogP contribution in [0.3, 0.4) is 0 Å². The summed E-state index contributed by atoms with van der Waals surface area (Å²) < 4.78 is 27.9. The quantitative estimate of drug-likeness (QED) is 0.600. The Morgan fingerprint density at radius 3 is 2.15 bits per heavy atom. The zero-order chi connectivity index (χ0) is 19.3. The number of anilines is 1. The lowest BCUT2D eigenvalue weighted by molar-refractivity contribution is 0.576. The maximum absolute atomic E-state index is 12.6. The summed E-state index contributed by atoms with van der Waals surface area (Å²) >= 11 is 5.85. The second-order valence-electron chi connectivity index (χ2n) is 6.28. The minimum atomic E-state index is -3.63. The van der Waals surface area contributed by atoms with E-state index in [1.54, 1.807) is 12.1 Å². The molecular formula is C21H21ClN2O2S. The van der Waals surface area contributed by atoms with Crippen molar-refractivity contribution in [3.63, 3.8) is 0 Å². The van der Waals surface area contributed by atoms with E-state index in [-0.39, 0.29) is 17.5 Å². The van der Waals surface area contributed by atoms with Crippen molar-refractivity contribution in [1.29, 1.82) is 0 Å². The monoisotopic (exact) mass is 400 g/mol. The molecule has 0 spiro atoms. The number of nitrogens with one attached hydrogen (secondary N) is 2. The Morgan fingerprint density at radius 1 is 0.889 bits per heavy atom. The van der Waals surface area contributed by atoms with Crippen LogP contribution in [0.2, 0.25) is 5.02 Å². The number of aryl methyl sites for hydroxylation is 1. The van der Waals surface area contributed by atoms with Gasteiger partial charge in [0, 0.05) is 17.3 Å². The Labute approximate surface area is 165 Å². The third-order valence-electron chi connectivity index (χ3n) is 4.20.